The standard InChI is InChI=1S/C13H16N4OS/c18-13(14-9-10-5-6-15-16-10)17-7-1-3-11(17)12-4-2-8-19-12/h2,4-6,8,11H,1,3,7,9H2,(H,14,18)(H,15,16)/t11-/m0/s1. The van der Waals surface area contributed by atoms with E-state index < -0.39 is 0 Å². The van der Waals surface area contributed by atoms with Crippen molar-refractivity contribution in [3.63, 3.8) is 0 Å². The van der Waals surface area contributed by atoms with Crippen LogP contribution >= 0.6 is 11.3 Å². The molecule has 2 N–H and O–H groups in total. The average molecular weight is 276 g/mol. The number of urea groups is 1. The Labute approximate surface area is 115 Å². The van der Waals surface area contributed by atoms with Crippen LogP contribution in [0.25, 0.3) is 0 Å². The van der Waals surface area contributed by atoms with Gasteiger partial charge in [0, 0.05) is 17.6 Å². The molecule has 0 bridgehead atoms. The molecule has 2 amide bonds. The highest BCUT2D eigenvalue weighted by atomic mass is 32.1. The Bertz CT molecular complexity index is 523. The lowest BCUT2D eigenvalue weighted by molar-refractivity contribution is 0.193. The predicted octanol–water partition coefficient (Wildman–Crippen LogP) is 2.52. The summed E-state index contributed by atoms with van der Waals surface area (Å²) in [6.45, 7) is 1.32. The van der Waals surface area contributed by atoms with Gasteiger partial charge in [-0.1, -0.05) is 6.07 Å². The average Bonchev–Trinajstić information content (AvgIpc) is 3.14. The van der Waals surface area contributed by atoms with Gasteiger partial charge in [-0.05, 0) is 30.4 Å². The van der Waals surface area contributed by atoms with E-state index in [9.17, 15) is 4.79 Å². The number of amides is 2. The molecule has 1 aliphatic heterocycles. The van der Waals surface area contributed by atoms with Crippen molar-refractivity contribution in [3.8, 4) is 0 Å². The molecule has 2 aromatic rings. The summed E-state index contributed by atoms with van der Waals surface area (Å²) in [4.78, 5) is 15.4. The van der Waals surface area contributed by atoms with Crippen LogP contribution in [0.3, 0.4) is 0 Å². The number of carbonyl (C=O) groups is 1. The lowest BCUT2D eigenvalue weighted by Crippen LogP contribution is -2.39. The summed E-state index contributed by atoms with van der Waals surface area (Å²) in [7, 11) is 0. The van der Waals surface area contributed by atoms with Gasteiger partial charge in [-0.2, -0.15) is 5.10 Å². The molecule has 3 rings (SSSR count). The second kappa shape index (κ2) is 5.44. The smallest absolute Gasteiger partial charge is 0.318 e. The Hall–Kier alpha value is -1.82. The van der Waals surface area contributed by atoms with E-state index in [1.165, 1.54) is 4.88 Å². The zero-order valence-corrected chi connectivity index (χ0v) is 11.3. The maximum absolute atomic E-state index is 12.2. The Balaban J connectivity index is 1.62. The largest absolute Gasteiger partial charge is 0.332 e. The Morgan fingerprint density at radius 3 is 3.26 bits per heavy atom. The zero-order valence-electron chi connectivity index (χ0n) is 10.5. The summed E-state index contributed by atoms with van der Waals surface area (Å²) >= 11 is 1.72. The van der Waals surface area contributed by atoms with Crippen LogP contribution in [0.2, 0.25) is 0 Å². The van der Waals surface area contributed by atoms with E-state index in [0.29, 0.717) is 6.54 Å². The Morgan fingerprint density at radius 1 is 1.58 bits per heavy atom. The van der Waals surface area contributed by atoms with E-state index in [1.54, 1.807) is 17.5 Å². The van der Waals surface area contributed by atoms with Gasteiger partial charge < -0.3 is 10.2 Å². The number of nitrogens with one attached hydrogen (secondary N) is 2. The number of H-pyrrole nitrogens is 1. The molecule has 1 saturated heterocycles. The minimum Gasteiger partial charge on any atom is -0.332 e. The van der Waals surface area contributed by atoms with E-state index in [4.69, 9.17) is 0 Å². The van der Waals surface area contributed by atoms with E-state index in [-0.39, 0.29) is 12.1 Å². The van der Waals surface area contributed by atoms with Gasteiger partial charge in [-0.15, -0.1) is 11.3 Å². The summed E-state index contributed by atoms with van der Waals surface area (Å²) in [6, 6.07) is 6.25. The van der Waals surface area contributed by atoms with E-state index in [0.717, 1.165) is 25.1 Å². The van der Waals surface area contributed by atoms with Crippen molar-refractivity contribution in [2.75, 3.05) is 6.54 Å². The SMILES string of the molecule is O=C(NCc1ccn[nH]1)N1CCC[C@H]1c1cccs1. The lowest BCUT2D eigenvalue weighted by Gasteiger charge is -2.24. The number of aromatic amines is 1. The molecule has 0 radical (unpaired) electrons. The number of rotatable bonds is 3. The van der Waals surface area contributed by atoms with Crippen molar-refractivity contribution in [2.24, 2.45) is 0 Å². The Kier molecular flexibility index (Phi) is 3.50. The van der Waals surface area contributed by atoms with Gasteiger partial charge in [0.2, 0.25) is 0 Å². The molecule has 19 heavy (non-hydrogen) atoms. The van der Waals surface area contributed by atoms with Gasteiger partial charge in [-0.25, -0.2) is 4.79 Å². The van der Waals surface area contributed by atoms with E-state index in [2.05, 4.69) is 27.0 Å². The lowest BCUT2D eigenvalue weighted by atomic mass is 10.2. The maximum Gasteiger partial charge on any atom is 0.318 e. The molecule has 0 saturated carbocycles. The highest BCUT2D eigenvalue weighted by molar-refractivity contribution is 7.10. The van der Waals surface area contributed by atoms with Crippen LogP contribution < -0.4 is 5.32 Å². The number of aromatic nitrogens is 2. The van der Waals surface area contributed by atoms with Gasteiger partial charge in [0.1, 0.15) is 0 Å². The molecule has 100 valence electrons. The molecule has 6 heteroatoms. The van der Waals surface area contributed by atoms with Gasteiger partial charge >= 0.3 is 6.03 Å². The molecule has 0 spiro atoms. The van der Waals surface area contributed by atoms with E-state index in [1.807, 2.05) is 17.0 Å². The number of nitrogens with zero attached hydrogens (tertiary/aromatic N) is 2. The van der Waals surface area contributed by atoms with Crippen molar-refractivity contribution in [2.45, 2.75) is 25.4 Å². The van der Waals surface area contributed by atoms with Crippen LogP contribution in [-0.4, -0.2) is 27.7 Å². The second-order valence-corrected chi connectivity index (χ2v) is 5.59. The van der Waals surface area contributed by atoms with Crippen molar-refractivity contribution in [1.29, 1.82) is 0 Å². The molecule has 3 heterocycles. The molecular weight excluding hydrogens is 260 g/mol. The van der Waals surface area contributed by atoms with Crippen molar-refractivity contribution >= 4 is 17.4 Å². The molecule has 1 fully saturated rings. The summed E-state index contributed by atoms with van der Waals surface area (Å²) in [6.07, 6.45) is 3.81. The first-order chi connectivity index (χ1) is 9.34. The van der Waals surface area contributed by atoms with Crippen LogP contribution in [0.4, 0.5) is 4.79 Å². The number of hydrogen-bond acceptors (Lipinski definition) is 3. The third-order valence-electron chi connectivity index (χ3n) is 3.37. The summed E-state index contributed by atoms with van der Waals surface area (Å²) in [5.41, 5.74) is 0.917. The van der Waals surface area contributed by atoms with Gasteiger partial charge in [0.25, 0.3) is 0 Å². The molecule has 1 atom stereocenters. The van der Waals surface area contributed by atoms with Crippen LogP contribution in [0.15, 0.2) is 29.8 Å². The second-order valence-electron chi connectivity index (χ2n) is 4.61. The molecule has 0 aromatic carbocycles. The predicted molar refractivity (Wildman–Crippen MR) is 73.8 cm³/mol. The van der Waals surface area contributed by atoms with Gasteiger partial charge in [-0.3, -0.25) is 5.10 Å². The Morgan fingerprint density at radius 2 is 2.53 bits per heavy atom. The molecule has 2 aromatic heterocycles. The normalized spacial score (nSPS) is 18.7. The first-order valence-electron chi connectivity index (χ1n) is 6.41. The molecule has 5 nitrogen and oxygen atoms in total. The van der Waals surface area contributed by atoms with Gasteiger partial charge in [0.05, 0.1) is 18.3 Å². The van der Waals surface area contributed by atoms with Crippen LogP contribution in [-0.2, 0) is 6.54 Å². The fourth-order valence-corrected chi connectivity index (χ4v) is 3.32. The first-order valence-corrected chi connectivity index (χ1v) is 7.28. The fraction of sp³-hybridized carbons (Fsp3) is 0.385. The number of hydrogen-bond donors (Lipinski definition) is 2. The van der Waals surface area contributed by atoms with Crippen LogP contribution in [0.1, 0.15) is 29.5 Å². The summed E-state index contributed by atoms with van der Waals surface area (Å²) in [5, 5.41) is 11.7. The van der Waals surface area contributed by atoms with Crippen LogP contribution in [0.5, 0.6) is 0 Å². The molecule has 1 aliphatic rings. The number of thiophene rings is 1. The minimum absolute atomic E-state index is 0.00509. The van der Waals surface area contributed by atoms with Crippen molar-refractivity contribution in [1.82, 2.24) is 20.4 Å². The number of likely N-dealkylation sites (tertiary alicyclic amines) is 1. The third kappa shape index (κ3) is 2.63. The molecule has 0 aliphatic carbocycles. The molecular formula is C13H16N4OS. The third-order valence-corrected chi connectivity index (χ3v) is 4.35. The van der Waals surface area contributed by atoms with Crippen LogP contribution in [0, 0.1) is 0 Å². The summed E-state index contributed by atoms with van der Waals surface area (Å²) in [5.74, 6) is 0. The molecule has 0 unspecified atom stereocenters. The van der Waals surface area contributed by atoms with Crippen molar-refractivity contribution in [3.05, 3.63) is 40.3 Å². The zero-order chi connectivity index (χ0) is 13.1. The highest BCUT2D eigenvalue weighted by Crippen LogP contribution is 2.34. The summed E-state index contributed by atoms with van der Waals surface area (Å²) < 4.78 is 0. The maximum atomic E-state index is 12.2. The van der Waals surface area contributed by atoms with E-state index >= 15 is 0 Å². The van der Waals surface area contributed by atoms with Gasteiger partial charge in [0.15, 0.2) is 0 Å². The number of carbonyl (C=O) groups excluding carboxylic acids is 1. The van der Waals surface area contributed by atoms with Crippen molar-refractivity contribution < 1.29 is 4.79 Å². The quantitative estimate of drug-likeness (QED) is 0.905. The minimum atomic E-state index is 0.00509. The first kappa shape index (κ1) is 12.2. The monoisotopic (exact) mass is 276 g/mol. The topological polar surface area (TPSA) is 61.0 Å². The fourth-order valence-electron chi connectivity index (χ4n) is 2.44. The highest BCUT2D eigenvalue weighted by Gasteiger charge is 2.30.